The van der Waals surface area contributed by atoms with Crippen LogP contribution in [0.1, 0.15) is 20.8 Å². The average molecular weight is 211 g/mol. The lowest BCUT2D eigenvalue weighted by molar-refractivity contribution is -0.123. The molecule has 0 aliphatic carbocycles. The number of carbonyl (C=O) groups is 1. The van der Waals surface area contributed by atoms with Gasteiger partial charge in [-0.1, -0.05) is 20.8 Å². The van der Waals surface area contributed by atoms with Gasteiger partial charge in [-0.3, -0.25) is 19.9 Å². The maximum Gasteiger partial charge on any atom is 0.256 e. The van der Waals surface area contributed by atoms with Gasteiger partial charge in [0, 0.05) is 5.41 Å². The molecule has 0 aliphatic rings. The summed E-state index contributed by atoms with van der Waals surface area (Å²) in [7, 11) is 0. The van der Waals surface area contributed by atoms with Gasteiger partial charge in [-0.05, 0) is 0 Å². The average Bonchev–Trinajstić information content (AvgIpc) is 1.99. The predicted molar refractivity (Wildman–Crippen MR) is 54.6 cm³/mol. The molecule has 0 bridgehead atoms. The fraction of sp³-hybridized carbons (Fsp3) is 0.444. The summed E-state index contributed by atoms with van der Waals surface area (Å²) in [6.45, 7) is 5.18. The standard InChI is InChI=1S/C9H13N3O3/c1-9(2,3)7(15)12-8-10-5(13)4-6(14)11-8/h4H,1-3H3,(H3,10,11,12,13,14,15). The number of rotatable bonds is 1. The molecule has 0 atom stereocenters. The minimum Gasteiger partial charge on any atom is -0.493 e. The molecule has 82 valence electrons. The maximum atomic E-state index is 11.5. The van der Waals surface area contributed by atoms with E-state index in [9.17, 15) is 9.59 Å². The van der Waals surface area contributed by atoms with E-state index in [0.29, 0.717) is 0 Å². The molecule has 15 heavy (non-hydrogen) atoms. The van der Waals surface area contributed by atoms with E-state index in [1.165, 1.54) is 0 Å². The van der Waals surface area contributed by atoms with Crippen LogP contribution in [0.5, 0.6) is 5.88 Å². The van der Waals surface area contributed by atoms with Crippen molar-refractivity contribution in [2.24, 2.45) is 5.41 Å². The van der Waals surface area contributed by atoms with Gasteiger partial charge in [0.2, 0.25) is 17.7 Å². The topological polar surface area (TPSA) is 95.1 Å². The zero-order chi connectivity index (χ0) is 11.6. The van der Waals surface area contributed by atoms with E-state index in [4.69, 9.17) is 5.11 Å². The van der Waals surface area contributed by atoms with Gasteiger partial charge in [0.25, 0.3) is 5.56 Å². The molecule has 6 heteroatoms. The molecule has 0 saturated carbocycles. The summed E-state index contributed by atoms with van der Waals surface area (Å²) in [6, 6.07) is 0.923. The summed E-state index contributed by atoms with van der Waals surface area (Å²) >= 11 is 0. The van der Waals surface area contributed by atoms with Crippen molar-refractivity contribution in [3.05, 3.63) is 16.4 Å². The molecule has 0 aromatic carbocycles. The van der Waals surface area contributed by atoms with Gasteiger partial charge < -0.3 is 5.11 Å². The number of amides is 1. The number of nitrogens with one attached hydrogen (secondary N) is 2. The SMILES string of the molecule is CC(C)(C)C(=O)Nc1nc(O)cc(=O)[nH]1. The molecular weight excluding hydrogens is 198 g/mol. The summed E-state index contributed by atoms with van der Waals surface area (Å²) in [4.78, 5) is 28.3. The highest BCUT2D eigenvalue weighted by atomic mass is 16.3. The second kappa shape index (κ2) is 3.72. The Bertz CT molecular complexity index is 431. The number of carbonyl (C=O) groups excluding carboxylic acids is 1. The van der Waals surface area contributed by atoms with Gasteiger partial charge in [-0.2, -0.15) is 4.98 Å². The third-order valence-electron chi connectivity index (χ3n) is 1.64. The van der Waals surface area contributed by atoms with Crippen LogP contribution in [-0.4, -0.2) is 21.0 Å². The quantitative estimate of drug-likeness (QED) is 0.628. The first kappa shape index (κ1) is 11.2. The first-order valence-corrected chi connectivity index (χ1v) is 4.41. The van der Waals surface area contributed by atoms with Crippen LogP contribution in [0.15, 0.2) is 10.9 Å². The zero-order valence-corrected chi connectivity index (χ0v) is 8.79. The summed E-state index contributed by atoms with van der Waals surface area (Å²) < 4.78 is 0. The smallest absolute Gasteiger partial charge is 0.256 e. The summed E-state index contributed by atoms with van der Waals surface area (Å²) in [6.07, 6.45) is 0. The molecule has 6 nitrogen and oxygen atoms in total. The Hall–Kier alpha value is -1.85. The Morgan fingerprint density at radius 2 is 2.13 bits per heavy atom. The highest BCUT2D eigenvalue weighted by Gasteiger charge is 2.21. The molecule has 1 amide bonds. The first-order chi connectivity index (χ1) is 6.79. The monoisotopic (exact) mass is 211 g/mol. The fourth-order valence-electron chi connectivity index (χ4n) is 0.799. The molecule has 0 unspecified atom stereocenters. The third kappa shape index (κ3) is 3.08. The molecule has 0 spiro atoms. The number of hydrogen-bond acceptors (Lipinski definition) is 4. The van der Waals surface area contributed by atoms with Gasteiger partial charge in [-0.25, -0.2) is 0 Å². The molecule has 1 aromatic heterocycles. The van der Waals surface area contributed by atoms with Crippen LogP contribution in [0.25, 0.3) is 0 Å². The molecular formula is C9H13N3O3. The van der Waals surface area contributed by atoms with Crippen LogP contribution in [0.4, 0.5) is 5.95 Å². The molecule has 1 heterocycles. The van der Waals surface area contributed by atoms with Gasteiger partial charge in [0.15, 0.2) is 0 Å². The minimum absolute atomic E-state index is 0.0556. The van der Waals surface area contributed by atoms with Crippen LogP contribution in [0, 0.1) is 5.41 Å². The van der Waals surface area contributed by atoms with E-state index in [1.807, 2.05) is 0 Å². The van der Waals surface area contributed by atoms with Crippen molar-refractivity contribution in [2.75, 3.05) is 5.32 Å². The van der Waals surface area contributed by atoms with Crippen LogP contribution >= 0.6 is 0 Å². The predicted octanol–water partition coefficient (Wildman–Crippen LogP) is 0.460. The van der Waals surface area contributed by atoms with Gasteiger partial charge in [0.05, 0.1) is 6.07 Å². The summed E-state index contributed by atoms with van der Waals surface area (Å²) in [5.74, 6) is -0.779. The summed E-state index contributed by atoms with van der Waals surface area (Å²) in [5.41, 5.74) is -1.11. The molecule has 1 rings (SSSR count). The van der Waals surface area contributed by atoms with Crippen molar-refractivity contribution in [3.63, 3.8) is 0 Å². The Kier molecular flexibility index (Phi) is 2.78. The molecule has 3 N–H and O–H groups in total. The Labute approximate surface area is 86.4 Å². The Morgan fingerprint density at radius 1 is 1.53 bits per heavy atom. The van der Waals surface area contributed by atoms with Gasteiger partial charge in [0.1, 0.15) is 0 Å². The molecule has 0 radical (unpaired) electrons. The van der Waals surface area contributed by atoms with Crippen LogP contribution in [-0.2, 0) is 4.79 Å². The van der Waals surface area contributed by atoms with Crippen molar-refractivity contribution in [3.8, 4) is 5.88 Å². The third-order valence-corrected chi connectivity index (χ3v) is 1.64. The Morgan fingerprint density at radius 3 is 2.60 bits per heavy atom. The van der Waals surface area contributed by atoms with Crippen LogP contribution in [0.3, 0.4) is 0 Å². The van der Waals surface area contributed by atoms with Crippen molar-refractivity contribution in [2.45, 2.75) is 20.8 Å². The Balaban J connectivity index is 2.91. The van der Waals surface area contributed by atoms with Crippen molar-refractivity contribution in [1.29, 1.82) is 0 Å². The van der Waals surface area contributed by atoms with Crippen molar-refractivity contribution in [1.82, 2.24) is 9.97 Å². The first-order valence-electron chi connectivity index (χ1n) is 4.41. The van der Waals surface area contributed by atoms with Crippen LogP contribution in [0.2, 0.25) is 0 Å². The number of aromatic amines is 1. The zero-order valence-electron chi connectivity index (χ0n) is 8.79. The second-order valence-corrected chi connectivity index (χ2v) is 4.16. The molecule has 0 fully saturated rings. The number of aromatic hydroxyl groups is 1. The van der Waals surface area contributed by atoms with E-state index in [0.717, 1.165) is 6.07 Å². The summed E-state index contributed by atoms with van der Waals surface area (Å²) in [5, 5.41) is 11.4. The van der Waals surface area contributed by atoms with Crippen LogP contribution < -0.4 is 10.9 Å². The molecule has 1 aromatic rings. The highest BCUT2D eigenvalue weighted by molar-refractivity contribution is 5.92. The lowest BCUT2D eigenvalue weighted by Gasteiger charge is -2.16. The lowest BCUT2D eigenvalue weighted by atomic mass is 9.96. The fourth-order valence-corrected chi connectivity index (χ4v) is 0.799. The highest BCUT2D eigenvalue weighted by Crippen LogP contribution is 2.15. The number of aromatic nitrogens is 2. The van der Waals surface area contributed by atoms with Gasteiger partial charge in [-0.15, -0.1) is 0 Å². The van der Waals surface area contributed by atoms with E-state index < -0.39 is 16.9 Å². The van der Waals surface area contributed by atoms with Crippen molar-refractivity contribution >= 4 is 11.9 Å². The number of hydrogen-bond donors (Lipinski definition) is 3. The lowest BCUT2D eigenvalue weighted by Crippen LogP contribution is -2.29. The van der Waals surface area contributed by atoms with E-state index in [-0.39, 0.29) is 11.9 Å². The van der Waals surface area contributed by atoms with Gasteiger partial charge >= 0.3 is 0 Å². The van der Waals surface area contributed by atoms with E-state index in [1.54, 1.807) is 20.8 Å². The number of nitrogens with zero attached hydrogens (tertiary/aromatic N) is 1. The maximum absolute atomic E-state index is 11.5. The normalized spacial score (nSPS) is 11.1. The minimum atomic E-state index is -0.593. The largest absolute Gasteiger partial charge is 0.493 e. The van der Waals surface area contributed by atoms with E-state index >= 15 is 0 Å². The molecule has 0 saturated heterocycles. The number of anilines is 1. The van der Waals surface area contributed by atoms with Crippen molar-refractivity contribution < 1.29 is 9.90 Å². The van der Waals surface area contributed by atoms with E-state index in [2.05, 4.69) is 15.3 Å². The second-order valence-electron chi connectivity index (χ2n) is 4.16. The molecule has 0 aliphatic heterocycles. The number of H-pyrrole nitrogens is 1.